The number of aliphatic hydroxyl groups excluding tert-OH is 2. The number of imidazole rings is 1. The lowest BCUT2D eigenvalue weighted by Crippen LogP contribution is -2.32. The predicted octanol–water partition coefficient (Wildman–Crippen LogP) is -2.06. The monoisotopic (exact) mass is 630 g/mol. The number of H-pyrrole nitrogens is 1. The Morgan fingerprint density at radius 2 is 2.14 bits per heavy atom. The highest BCUT2D eigenvalue weighted by Crippen LogP contribution is 2.50. The first-order valence-electron chi connectivity index (χ1n) is 12.4. The van der Waals surface area contributed by atoms with Crippen molar-refractivity contribution >= 4 is 47.2 Å². The number of nitrogen functional groups attached to an aromatic ring is 2. The second-order valence-electron chi connectivity index (χ2n) is 9.36. The fourth-order valence-corrected chi connectivity index (χ4v) is 6.07. The molecule has 0 radical (unpaired) electrons. The summed E-state index contributed by atoms with van der Waals surface area (Å²) in [5, 5.41) is 24.3. The van der Waals surface area contributed by atoms with E-state index >= 15 is 4.39 Å². The van der Waals surface area contributed by atoms with Crippen molar-refractivity contribution in [1.29, 1.82) is 0 Å². The van der Waals surface area contributed by atoms with Crippen LogP contribution in [0.1, 0.15) is 12.6 Å². The molecule has 0 aliphatic carbocycles. The van der Waals surface area contributed by atoms with E-state index in [0.29, 0.717) is 5.70 Å². The van der Waals surface area contributed by atoms with Gasteiger partial charge in [0.1, 0.15) is 30.7 Å². The van der Waals surface area contributed by atoms with Gasteiger partial charge in [-0.1, -0.05) is 6.58 Å². The van der Waals surface area contributed by atoms with Crippen molar-refractivity contribution in [1.82, 2.24) is 34.3 Å². The molecule has 2 aliphatic rings. The normalized spacial score (nSPS) is 29.7. The zero-order chi connectivity index (χ0) is 30.3. The van der Waals surface area contributed by atoms with Crippen LogP contribution >= 0.6 is 6.72 Å². The first-order valence-corrected chi connectivity index (χ1v) is 15.0. The third kappa shape index (κ3) is 5.72. The van der Waals surface area contributed by atoms with Gasteiger partial charge in [0.15, 0.2) is 34.9 Å². The van der Waals surface area contributed by atoms with Crippen LogP contribution in [0.4, 0.5) is 16.2 Å². The molecule has 2 aliphatic heterocycles. The van der Waals surface area contributed by atoms with Crippen molar-refractivity contribution in [3.05, 3.63) is 35.1 Å². The first-order chi connectivity index (χ1) is 19.9. The fourth-order valence-electron chi connectivity index (χ4n) is 4.67. The maximum absolute atomic E-state index is 15.3. The molecule has 8 N–H and O–H groups in total. The molecule has 0 aromatic carbocycles. The van der Waals surface area contributed by atoms with Gasteiger partial charge < -0.3 is 40.6 Å². The lowest BCUT2D eigenvalue weighted by Gasteiger charge is -2.26. The Labute approximate surface area is 240 Å². The average Bonchev–Trinajstić information content (AvgIpc) is 3.62. The lowest BCUT2D eigenvalue weighted by molar-refractivity contribution is -0.0498. The zero-order valence-corrected chi connectivity index (χ0v) is 23.6. The smallest absolute Gasteiger partial charge is 0.325 e. The summed E-state index contributed by atoms with van der Waals surface area (Å²) in [6, 6.07) is 0. The fraction of sp³-hybridized carbons (Fsp3) is 0.524. The summed E-state index contributed by atoms with van der Waals surface area (Å²) in [5.74, 6) is -0.113. The van der Waals surface area contributed by atoms with Crippen LogP contribution in [0.2, 0.25) is 0 Å². The first kappa shape index (κ1) is 30.3. The molecule has 1 unspecified atom stereocenters. The van der Waals surface area contributed by atoms with Crippen LogP contribution in [0.15, 0.2) is 29.0 Å². The van der Waals surface area contributed by atoms with Crippen LogP contribution < -0.4 is 22.5 Å². The Morgan fingerprint density at radius 1 is 1.38 bits per heavy atom. The number of halogens is 1. The summed E-state index contributed by atoms with van der Waals surface area (Å²) in [5.41, 5.74) is 11.2. The van der Waals surface area contributed by atoms with Crippen LogP contribution in [-0.4, -0.2) is 106 Å². The number of anilines is 2. The molecule has 3 aromatic rings. The quantitative estimate of drug-likeness (QED) is 0.139. The Bertz CT molecular complexity index is 1670. The largest absolute Gasteiger partial charge is 0.394 e. The summed E-state index contributed by atoms with van der Waals surface area (Å²) in [7, 11) is 1.50. The summed E-state index contributed by atoms with van der Waals surface area (Å²) >= 11 is 5.13. The molecule has 21 heteroatoms. The van der Waals surface area contributed by atoms with Gasteiger partial charge in [0.25, 0.3) is 5.56 Å². The number of hydrogen-bond acceptors (Lipinski definition) is 15. The van der Waals surface area contributed by atoms with E-state index in [-0.39, 0.29) is 34.8 Å². The third-order valence-electron chi connectivity index (χ3n) is 6.70. The predicted molar refractivity (Wildman–Crippen MR) is 146 cm³/mol. The van der Waals surface area contributed by atoms with Crippen LogP contribution in [0.25, 0.3) is 16.9 Å². The maximum Gasteiger partial charge on any atom is 0.325 e. The second-order valence-corrected chi connectivity index (χ2v) is 12.2. The highest BCUT2D eigenvalue weighted by atomic mass is 32.5. The molecule has 3 aromatic heterocycles. The second kappa shape index (κ2) is 11.8. The van der Waals surface area contributed by atoms with Gasteiger partial charge in [-0.15, -0.1) is 0 Å². The summed E-state index contributed by atoms with van der Waals surface area (Å²) in [6.07, 6.45) is -6.66. The highest BCUT2D eigenvalue weighted by Gasteiger charge is 2.50. The Hall–Kier alpha value is -3.20. The molecule has 2 saturated heterocycles. The van der Waals surface area contributed by atoms with Crippen LogP contribution in [0.5, 0.6) is 0 Å². The average molecular weight is 631 g/mol. The van der Waals surface area contributed by atoms with Crippen molar-refractivity contribution in [3.8, 4) is 0 Å². The molecular weight excluding hydrogens is 602 g/mol. The number of nitrogens with zero attached hydrogens (tertiary/aromatic N) is 7. The molecule has 2 fully saturated rings. The van der Waals surface area contributed by atoms with Crippen molar-refractivity contribution in [2.75, 3.05) is 31.7 Å². The SMILES string of the molecule is C=C([C@H]1C[C@H](O)[C@@H](COP(O)(=S)O[C@@H]2[C@H](F)[C@@H](CO)O[C@H]2n2cnc3c(=O)[nH]c(N)nc32)O1)n1ncnc(N)c1=NC. The number of ether oxygens (including phenoxy) is 2. The van der Waals surface area contributed by atoms with Gasteiger partial charge >= 0.3 is 6.72 Å². The number of fused-ring (bicyclic) bond motifs is 1. The van der Waals surface area contributed by atoms with Gasteiger partial charge in [-0.25, -0.2) is 19.0 Å². The minimum atomic E-state index is -4.22. The lowest BCUT2D eigenvalue weighted by atomic mass is 10.1. The van der Waals surface area contributed by atoms with E-state index in [4.69, 9.17) is 41.8 Å². The van der Waals surface area contributed by atoms with Gasteiger partial charge in [-0.3, -0.25) is 23.9 Å². The number of hydrogen-bond donors (Lipinski definition) is 6. The van der Waals surface area contributed by atoms with Crippen molar-refractivity contribution < 1.29 is 38.0 Å². The molecule has 42 heavy (non-hydrogen) atoms. The van der Waals surface area contributed by atoms with Crippen molar-refractivity contribution in [3.63, 3.8) is 0 Å². The number of nitrogens with two attached hydrogens (primary N) is 2. The standard InChI is InChI=1S/C21H28FN10O8PS/c1-8(32-18(25-2)16(23)26-6-28-32)10-3-9(34)12(38-10)5-37-41(36,42)40-15-13(22)11(4-33)39-20(15)31-7-27-14-17(31)29-21(24)30-19(14)35/h6-7,9-13,15,20,33-34H,1,3-5H2,2H3,(H,36,42)(H2,23,26,28)(H3,24,29,30,35)/t9-,10+,11+,12+,13+,15+,20+,41?/m0/s1. The minimum absolute atomic E-state index is 0.0520. The number of nitrogens with one attached hydrogen (secondary N) is 1. The highest BCUT2D eigenvalue weighted by molar-refractivity contribution is 8.07. The number of aliphatic hydroxyl groups is 2. The van der Waals surface area contributed by atoms with Crippen molar-refractivity contribution in [2.45, 2.75) is 49.3 Å². The van der Waals surface area contributed by atoms with Gasteiger partial charge in [0.2, 0.25) is 5.95 Å². The molecule has 228 valence electrons. The molecule has 0 amide bonds. The van der Waals surface area contributed by atoms with E-state index < -0.39 is 68.4 Å². The molecule has 0 bridgehead atoms. The Balaban J connectivity index is 1.29. The number of rotatable bonds is 9. The number of alkyl halides is 1. The van der Waals surface area contributed by atoms with E-state index in [9.17, 15) is 19.9 Å². The number of aromatic nitrogens is 7. The summed E-state index contributed by atoms with van der Waals surface area (Å²) < 4.78 is 40.3. The van der Waals surface area contributed by atoms with E-state index in [0.717, 1.165) is 6.33 Å². The molecule has 18 nitrogen and oxygen atoms in total. The maximum atomic E-state index is 15.3. The van der Waals surface area contributed by atoms with Crippen LogP contribution in [0, 0.1) is 0 Å². The molecule has 8 atom stereocenters. The Morgan fingerprint density at radius 3 is 2.86 bits per heavy atom. The molecule has 5 rings (SSSR count). The van der Waals surface area contributed by atoms with E-state index in [1.165, 1.54) is 22.6 Å². The minimum Gasteiger partial charge on any atom is -0.394 e. The van der Waals surface area contributed by atoms with Gasteiger partial charge in [0.05, 0.1) is 31.3 Å². The van der Waals surface area contributed by atoms with Crippen molar-refractivity contribution in [2.24, 2.45) is 4.99 Å². The molecule has 0 saturated carbocycles. The molecule has 5 heterocycles. The number of aromatic amines is 1. The molecular formula is C21H28FN10O8PS. The van der Waals surface area contributed by atoms with E-state index in [1.54, 1.807) is 0 Å². The Kier molecular flexibility index (Phi) is 8.52. The third-order valence-corrected chi connectivity index (χ3v) is 8.26. The zero-order valence-electron chi connectivity index (χ0n) is 21.9. The summed E-state index contributed by atoms with van der Waals surface area (Å²) in [6.45, 7) is -1.41. The van der Waals surface area contributed by atoms with Crippen LogP contribution in [-0.2, 0) is 30.3 Å². The van der Waals surface area contributed by atoms with Gasteiger partial charge in [-0.2, -0.15) is 10.1 Å². The summed E-state index contributed by atoms with van der Waals surface area (Å²) in [4.78, 5) is 41.2. The van der Waals surface area contributed by atoms with Gasteiger partial charge in [0, 0.05) is 13.5 Å². The van der Waals surface area contributed by atoms with Crippen LogP contribution in [0.3, 0.4) is 0 Å². The van der Waals surface area contributed by atoms with E-state index in [1.807, 2.05) is 0 Å². The topological polar surface area (TPSA) is 256 Å². The van der Waals surface area contributed by atoms with E-state index in [2.05, 4.69) is 36.6 Å². The molecule has 0 spiro atoms. The van der Waals surface area contributed by atoms with Gasteiger partial charge in [-0.05, 0) is 11.8 Å².